The van der Waals surface area contributed by atoms with Crippen molar-refractivity contribution >= 4 is 0 Å². The van der Waals surface area contributed by atoms with Gasteiger partial charge in [0.25, 0.3) is 12.5 Å². The van der Waals surface area contributed by atoms with Gasteiger partial charge in [-0.15, -0.1) is 0 Å². The van der Waals surface area contributed by atoms with Crippen LogP contribution in [0, 0.1) is 23.0 Å². The predicted molar refractivity (Wildman–Crippen MR) is 54.0 cm³/mol. The average molecular weight is 228 g/mol. The van der Waals surface area contributed by atoms with Gasteiger partial charge in [0.1, 0.15) is 13.2 Å². The molecule has 16 heavy (non-hydrogen) atoms. The summed E-state index contributed by atoms with van der Waals surface area (Å²) in [5, 5.41) is 16.1. The third kappa shape index (κ3) is 12.5. The maximum atomic E-state index is 8.06. The van der Waals surface area contributed by atoms with Crippen LogP contribution in [0.1, 0.15) is 12.8 Å². The molecule has 0 aliphatic heterocycles. The Morgan fingerprint density at radius 1 is 0.625 bits per heavy atom. The molecule has 0 amide bonds. The van der Waals surface area contributed by atoms with Gasteiger partial charge in [-0.25, -0.2) is 0 Å². The van der Waals surface area contributed by atoms with Crippen molar-refractivity contribution in [2.75, 3.05) is 39.6 Å². The molecule has 0 unspecified atom stereocenters. The van der Waals surface area contributed by atoms with E-state index in [0.717, 1.165) is 0 Å². The minimum atomic E-state index is 0.392. The van der Waals surface area contributed by atoms with Crippen LogP contribution in [0.25, 0.3) is 0 Å². The van der Waals surface area contributed by atoms with E-state index >= 15 is 0 Å². The molecule has 0 N–H and O–H groups in total. The van der Waals surface area contributed by atoms with Gasteiger partial charge >= 0.3 is 0 Å². The summed E-state index contributed by atoms with van der Waals surface area (Å²) in [7, 11) is 0. The van der Waals surface area contributed by atoms with E-state index < -0.39 is 0 Å². The molecule has 0 rings (SSSR count). The second-order valence-corrected chi connectivity index (χ2v) is 2.81. The molecule has 0 aliphatic rings. The molecule has 90 valence electrons. The predicted octanol–water partition coefficient (Wildman–Crippen LogP) is 0.795. The van der Waals surface area contributed by atoms with Crippen LogP contribution in [0.2, 0.25) is 0 Å². The third-order valence-electron chi connectivity index (χ3n) is 1.57. The minimum Gasteiger partial charge on any atom is -0.427 e. The highest BCUT2D eigenvalue weighted by Crippen LogP contribution is 1.87. The second-order valence-electron chi connectivity index (χ2n) is 2.81. The zero-order chi connectivity index (χ0) is 11.9. The molecule has 0 aromatic rings. The van der Waals surface area contributed by atoms with Gasteiger partial charge in [-0.05, 0) is 0 Å². The molecule has 0 bridgehead atoms. The molecule has 0 saturated carbocycles. The van der Waals surface area contributed by atoms with E-state index in [9.17, 15) is 0 Å². The summed E-state index contributed by atoms with van der Waals surface area (Å²) in [4.78, 5) is 0. The molecule has 0 aromatic heterocycles. The Bertz CT molecular complexity index is 198. The lowest BCUT2D eigenvalue weighted by molar-refractivity contribution is 0.0376. The molecule has 0 atom stereocenters. The molecule has 6 nitrogen and oxygen atoms in total. The third-order valence-corrected chi connectivity index (χ3v) is 1.57. The van der Waals surface area contributed by atoms with Crippen molar-refractivity contribution in [3.8, 4) is 12.5 Å². The van der Waals surface area contributed by atoms with Gasteiger partial charge in [-0.3, -0.25) is 0 Å². The number of nitriles is 2. The van der Waals surface area contributed by atoms with Crippen molar-refractivity contribution in [2.45, 2.75) is 12.8 Å². The Balaban J connectivity index is 2.89. The van der Waals surface area contributed by atoms with Crippen molar-refractivity contribution in [3.05, 3.63) is 0 Å². The smallest absolute Gasteiger partial charge is 0.286 e. The zero-order valence-corrected chi connectivity index (χ0v) is 9.18. The topological polar surface area (TPSA) is 84.5 Å². The monoisotopic (exact) mass is 228 g/mol. The first-order valence-electron chi connectivity index (χ1n) is 5.09. The van der Waals surface area contributed by atoms with E-state index in [1.807, 2.05) is 0 Å². The molecule has 6 heteroatoms. The van der Waals surface area contributed by atoms with Crippen molar-refractivity contribution in [1.29, 1.82) is 10.5 Å². The highest BCUT2D eigenvalue weighted by molar-refractivity contribution is 4.48. The number of hydrogen-bond acceptors (Lipinski definition) is 6. The van der Waals surface area contributed by atoms with Crippen molar-refractivity contribution in [3.63, 3.8) is 0 Å². The summed E-state index contributed by atoms with van der Waals surface area (Å²) in [6.07, 6.45) is 4.57. The fourth-order valence-corrected chi connectivity index (χ4v) is 0.880. The first kappa shape index (κ1) is 14.5. The maximum absolute atomic E-state index is 8.06. The van der Waals surface area contributed by atoms with Gasteiger partial charge in [0.2, 0.25) is 0 Å². The van der Waals surface area contributed by atoms with E-state index in [-0.39, 0.29) is 0 Å². The summed E-state index contributed by atoms with van der Waals surface area (Å²) >= 11 is 0. The minimum absolute atomic E-state index is 0.392. The molecule has 0 spiro atoms. The van der Waals surface area contributed by atoms with Gasteiger partial charge in [-0.1, -0.05) is 0 Å². The van der Waals surface area contributed by atoms with Gasteiger partial charge in [0.05, 0.1) is 13.2 Å². The number of rotatable bonds is 11. The number of hydrogen-bond donors (Lipinski definition) is 0. The summed E-state index contributed by atoms with van der Waals surface area (Å²) in [6.45, 7) is 2.94. The molecular formula is C10H16N2O4. The lowest BCUT2D eigenvalue weighted by Gasteiger charge is -2.04. The lowest BCUT2D eigenvalue weighted by Crippen LogP contribution is -2.08. The quantitative estimate of drug-likeness (QED) is 0.384. The number of ether oxygens (including phenoxy) is 4. The Hall–Kier alpha value is -1.50. The summed E-state index contributed by atoms with van der Waals surface area (Å²) in [5.74, 6) is 0. The van der Waals surface area contributed by atoms with Crippen LogP contribution in [0.3, 0.4) is 0 Å². The van der Waals surface area contributed by atoms with Crippen LogP contribution in [-0.4, -0.2) is 39.6 Å². The van der Waals surface area contributed by atoms with E-state index in [1.165, 1.54) is 0 Å². The Labute approximate surface area is 95.3 Å². The molecule has 0 aliphatic carbocycles. The SMILES string of the molecule is N#COCCCOCCOCCCOC#N. The molecule has 0 radical (unpaired) electrons. The molecule has 0 saturated heterocycles. The Kier molecular flexibility index (Phi) is 12.2. The number of nitrogens with zero attached hydrogens (tertiary/aromatic N) is 2. The van der Waals surface area contributed by atoms with E-state index in [1.54, 1.807) is 12.5 Å². The fourth-order valence-electron chi connectivity index (χ4n) is 0.880. The van der Waals surface area contributed by atoms with Crippen molar-refractivity contribution in [2.24, 2.45) is 0 Å². The lowest BCUT2D eigenvalue weighted by atomic mass is 10.5. The standard InChI is InChI=1S/C10H16N2O4/c11-9-15-5-1-3-13-7-8-14-4-2-6-16-10-12/h1-8H2. The van der Waals surface area contributed by atoms with Gasteiger partial charge < -0.3 is 18.9 Å². The zero-order valence-electron chi connectivity index (χ0n) is 9.18. The van der Waals surface area contributed by atoms with E-state index in [2.05, 4.69) is 9.47 Å². The highest BCUT2D eigenvalue weighted by atomic mass is 16.5. The van der Waals surface area contributed by atoms with Gasteiger partial charge in [-0.2, -0.15) is 10.5 Å². The summed E-state index contributed by atoms with van der Waals surface area (Å²) < 4.78 is 19.4. The van der Waals surface area contributed by atoms with Gasteiger partial charge in [0, 0.05) is 26.1 Å². The normalized spacial score (nSPS) is 9.12. The summed E-state index contributed by atoms with van der Waals surface area (Å²) in [6, 6.07) is 0. The van der Waals surface area contributed by atoms with E-state index in [4.69, 9.17) is 20.0 Å². The highest BCUT2D eigenvalue weighted by Gasteiger charge is 1.92. The molecule has 0 fully saturated rings. The van der Waals surface area contributed by atoms with Gasteiger partial charge in [0.15, 0.2) is 0 Å². The van der Waals surface area contributed by atoms with Crippen LogP contribution in [0.4, 0.5) is 0 Å². The van der Waals surface area contributed by atoms with Crippen LogP contribution in [0.5, 0.6) is 0 Å². The van der Waals surface area contributed by atoms with Crippen LogP contribution >= 0.6 is 0 Å². The van der Waals surface area contributed by atoms with Crippen molar-refractivity contribution < 1.29 is 18.9 Å². The largest absolute Gasteiger partial charge is 0.427 e. The Morgan fingerprint density at radius 2 is 1.06 bits per heavy atom. The molecule has 0 heterocycles. The van der Waals surface area contributed by atoms with Crippen LogP contribution < -0.4 is 0 Å². The van der Waals surface area contributed by atoms with Crippen molar-refractivity contribution in [1.82, 2.24) is 0 Å². The molecule has 0 aromatic carbocycles. The van der Waals surface area contributed by atoms with Crippen LogP contribution in [0.15, 0.2) is 0 Å². The first-order valence-corrected chi connectivity index (χ1v) is 5.09. The van der Waals surface area contributed by atoms with E-state index in [0.29, 0.717) is 52.5 Å². The average Bonchev–Trinajstić information content (AvgIpc) is 2.31. The first-order chi connectivity index (χ1) is 7.91. The Morgan fingerprint density at radius 3 is 1.44 bits per heavy atom. The van der Waals surface area contributed by atoms with Crippen LogP contribution in [-0.2, 0) is 18.9 Å². The second kappa shape index (κ2) is 13.5. The maximum Gasteiger partial charge on any atom is 0.286 e. The molecular weight excluding hydrogens is 212 g/mol. The summed E-state index contributed by atoms with van der Waals surface area (Å²) in [5.41, 5.74) is 0. The fraction of sp³-hybridized carbons (Fsp3) is 0.800.